The highest BCUT2D eigenvalue weighted by atomic mass is 15.2. The number of aromatic amines is 1. The molecule has 1 heterocycles. The van der Waals surface area contributed by atoms with Crippen molar-refractivity contribution in [2.75, 3.05) is 6.54 Å². The van der Waals surface area contributed by atoms with E-state index in [9.17, 15) is 0 Å². The molecule has 4 heteroatoms. The van der Waals surface area contributed by atoms with E-state index in [0.717, 1.165) is 24.6 Å². The van der Waals surface area contributed by atoms with E-state index >= 15 is 0 Å². The van der Waals surface area contributed by atoms with Crippen molar-refractivity contribution in [3.8, 4) is 0 Å². The van der Waals surface area contributed by atoms with Crippen LogP contribution in [0, 0.1) is 6.92 Å². The van der Waals surface area contributed by atoms with Crippen LogP contribution in [0.15, 0.2) is 0 Å². The van der Waals surface area contributed by atoms with Gasteiger partial charge in [0.25, 0.3) is 0 Å². The minimum atomic E-state index is 0.602. The van der Waals surface area contributed by atoms with Gasteiger partial charge in [-0.25, -0.2) is 4.98 Å². The lowest BCUT2D eigenvalue weighted by molar-refractivity contribution is 0.495. The molecular formula is C11H22N4. The first-order chi connectivity index (χ1) is 7.22. The Balaban J connectivity index is 2.10. The van der Waals surface area contributed by atoms with Crippen molar-refractivity contribution in [2.24, 2.45) is 0 Å². The van der Waals surface area contributed by atoms with Gasteiger partial charge in [-0.05, 0) is 20.3 Å². The normalized spacial score (nSPS) is 13.0. The smallest absolute Gasteiger partial charge is 0.151 e. The molecule has 0 saturated carbocycles. The van der Waals surface area contributed by atoms with Crippen LogP contribution in [0.1, 0.15) is 44.8 Å². The van der Waals surface area contributed by atoms with E-state index in [2.05, 4.69) is 34.3 Å². The van der Waals surface area contributed by atoms with Crippen LogP contribution in [-0.2, 0) is 6.42 Å². The maximum Gasteiger partial charge on any atom is 0.151 e. The van der Waals surface area contributed by atoms with Gasteiger partial charge in [0.05, 0.1) is 0 Å². The molecule has 0 aliphatic carbocycles. The molecule has 1 atom stereocenters. The van der Waals surface area contributed by atoms with Crippen LogP contribution >= 0.6 is 0 Å². The second-order valence-corrected chi connectivity index (χ2v) is 4.08. The fourth-order valence-electron chi connectivity index (χ4n) is 1.54. The number of rotatable bonds is 7. The number of hydrogen-bond donors (Lipinski definition) is 2. The number of H-pyrrole nitrogens is 1. The van der Waals surface area contributed by atoms with Crippen LogP contribution in [0.4, 0.5) is 0 Å². The summed E-state index contributed by atoms with van der Waals surface area (Å²) in [6.07, 6.45) is 4.73. The molecule has 0 saturated heterocycles. The minimum absolute atomic E-state index is 0.602. The molecular weight excluding hydrogens is 188 g/mol. The lowest BCUT2D eigenvalue weighted by Gasteiger charge is -2.11. The van der Waals surface area contributed by atoms with E-state index in [1.54, 1.807) is 0 Å². The largest absolute Gasteiger partial charge is 0.314 e. The quantitative estimate of drug-likeness (QED) is 0.722. The molecule has 4 nitrogen and oxygen atoms in total. The standard InChI is InChI=1S/C11H22N4/c1-4-5-6-9(2)12-8-7-11-13-10(3)14-15-11/h9,12H,4-8H2,1-3H3,(H,13,14,15). The number of nitrogens with one attached hydrogen (secondary N) is 2. The third kappa shape index (κ3) is 4.93. The summed E-state index contributed by atoms with van der Waals surface area (Å²) in [6, 6.07) is 0.602. The summed E-state index contributed by atoms with van der Waals surface area (Å²) >= 11 is 0. The fourth-order valence-corrected chi connectivity index (χ4v) is 1.54. The molecule has 1 unspecified atom stereocenters. The molecule has 1 aromatic rings. The highest BCUT2D eigenvalue weighted by Gasteiger charge is 2.02. The minimum Gasteiger partial charge on any atom is -0.314 e. The van der Waals surface area contributed by atoms with E-state index in [-0.39, 0.29) is 0 Å². The van der Waals surface area contributed by atoms with Gasteiger partial charge in [-0.2, -0.15) is 5.10 Å². The van der Waals surface area contributed by atoms with Gasteiger partial charge in [-0.3, -0.25) is 5.10 Å². The van der Waals surface area contributed by atoms with Crippen LogP contribution < -0.4 is 5.32 Å². The summed E-state index contributed by atoms with van der Waals surface area (Å²) in [5.41, 5.74) is 0. The zero-order valence-corrected chi connectivity index (χ0v) is 10.0. The van der Waals surface area contributed by atoms with Crippen LogP contribution in [0.25, 0.3) is 0 Å². The Labute approximate surface area is 91.9 Å². The van der Waals surface area contributed by atoms with Gasteiger partial charge in [0.1, 0.15) is 5.82 Å². The summed E-state index contributed by atoms with van der Waals surface area (Å²) in [7, 11) is 0. The Hall–Kier alpha value is -0.900. The van der Waals surface area contributed by atoms with Gasteiger partial charge in [0, 0.05) is 19.0 Å². The Morgan fingerprint density at radius 2 is 2.27 bits per heavy atom. The van der Waals surface area contributed by atoms with Gasteiger partial charge in [0.15, 0.2) is 5.82 Å². The van der Waals surface area contributed by atoms with Crippen molar-refractivity contribution in [3.63, 3.8) is 0 Å². The van der Waals surface area contributed by atoms with E-state index in [4.69, 9.17) is 0 Å². The number of aromatic nitrogens is 3. The van der Waals surface area contributed by atoms with Crippen molar-refractivity contribution in [1.29, 1.82) is 0 Å². The zero-order valence-electron chi connectivity index (χ0n) is 10.0. The Morgan fingerprint density at radius 1 is 1.47 bits per heavy atom. The fraction of sp³-hybridized carbons (Fsp3) is 0.818. The highest BCUT2D eigenvalue weighted by molar-refractivity contribution is 4.88. The van der Waals surface area contributed by atoms with Gasteiger partial charge < -0.3 is 5.32 Å². The average molecular weight is 210 g/mol. The lowest BCUT2D eigenvalue weighted by Crippen LogP contribution is -2.28. The van der Waals surface area contributed by atoms with Crippen LogP contribution in [-0.4, -0.2) is 27.8 Å². The van der Waals surface area contributed by atoms with E-state index in [0.29, 0.717) is 6.04 Å². The molecule has 0 radical (unpaired) electrons. The summed E-state index contributed by atoms with van der Waals surface area (Å²) in [5, 5.41) is 10.4. The number of aryl methyl sites for hydroxylation is 1. The molecule has 2 N–H and O–H groups in total. The second kappa shape index (κ2) is 6.56. The summed E-state index contributed by atoms with van der Waals surface area (Å²) in [6.45, 7) is 7.35. The zero-order chi connectivity index (χ0) is 11.1. The van der Waals surface area contributed by atoms with Crippen LogP contribution in [0.2, 0.25) is 0 Å². The molecule has 0 aromatic carbocycles. The molecule has 0 fully saturated rings. The van der Waals surface area contributed by atoms with Gasteiger partial charge >= 0.3 is 0 Å². The second-order valence-electron chi connectivity index (χ2n) is 4.08. The highest BCUT2D eigenvalue weighted by Crippen LogP contribution is 1.99. The SMILES string of the molecule is CCCCC(C)NCCc1n[nH]c(C)n1. The molecule has 0 spiro atoms. The van der Waals surface area contributed by atoms with Gasteiger partial charge in [-0.1, -0.05) is 19.8 Å². The molecule has 0 amide bonds. The van der Waals surface area contributed by atoms with E-state index in [1.165, 1.54) is 19.3 Å². The van der Waals surface area contributed by atoms with Crippen molar-refractivity contribution in [1.82, 2.24) is 20.5 Å². The van der Waals surface area contributed by atoms with Gasteiger partial charge in [-0.15, -0.1) is 0 Å². The summed E-state index contributed by atoms with van der Waals surface area (Å²) in [4.78, 5) is 4.26. The first-order valence-electron chi connectivity index (χ1n) is 5.83. The van der Waals surface area contributed by atoms with Crippen LogP contribution in [0.3, 0.4) is 0 Å². The molecule has 0 aliphatic heterocycles. The number of unbranched alkanes of at least 4 members (excludes halogenated alkanes) is 1. The monoisotopic (exact) mass is 210 g/mol. The van der Waals surface area contributed by atoms with E-state index < -0.39 is 0 Å². The average Bonchev–Trinajstić information content (AvgIpc) is 2.61. The van der Waals surface area contributed by atoms with Crippen molar-refractivity contribution < 1.29 is 0 Å². The summed E-state index contributed by atoms with van der Waals surface area (Å²) in [5.74, 6) is 1.80. The molecule has 1 rings (SSSR count). The van der Waals surface area contributed by atoms with Crippen LogP contribution in [0.5, 0.6) is 0 Å². The van der Waals surface area contributed by atoms with Crippen molar-refractivity contribution >= 4 is 0 Å². The molecule has 0 bridgehead atoms. The Bertz CT molecular complexity index is 269. The van der Waals surface area contributed by atoms with Gasteiger partial charge in [0.2, 0.25) is 0 Å². The molecule has 15 heavy (non-hydrogen) atoms. The Kier molecular flexibility index (Phi) is 5.32. The summed E-state index contributed by atoms with van der Waals surface area (Å²) < 4.78 is 0. The predicted molar refractivity (Wildman–Crippen MR) is 61.8 cm³/mol. The van der Waals surface area contributed by atoms with Crippen molar-refractivity contribution in [2.45, 2.75) is 52.5 Å². The maximum absolute atomic E-state index is 4.26. The number of hydrogen-bond acceptors (Lipinski definition) is 3. The number of nitrogens with zero attached hydrogens (tertiary/aromatic N) is 2. The third-order valence-corrected chi connectivity index (χ3v) is 2.48. The lowest BCUT2D eigenvalue weighted by atomic mass is 10.1. The topological polar surface area (TPSA) is 53.6 Å². The first-order valence-corrected chi connectivity index (χ1v) is 5.83. The maximum atomic E-state index is 4.26. The van der Waals surface area contributed by atoms with Crippen molar-refractivity contribution in [3.05, 3.63) is 11.6 Å². The predicted octanol–water partition coefficient (Wildman–Crippen LogP) is 1.82. The third-order valence-electron chi connectivity index (χ3n) is 2.48. The molecule has 1 aromatic heterocycles. The molecule has 86 valence electrons. The van der Waals surface area contributed by atoms with E-state index in [1.807, 2.05) is 6.92 Å². The Morgan fingerprint density at radius 3 is 2.87 bits per heavy atom. The first kappa shape index (κ1) is 12.2. The molecule has 0 aliphatic rings.